The quantitative estimate of drug-likeness (QED) is 0.138. The first kappa shape index (κ1) is 42.4. The minimum atomic E-state index is -1.48. The number of H-pyrrole nitrogens is 2. The average Bonchev–Trinajstić information content (AvgIpc) is 3.82. The number of aryl methyl sites for hydroxylation is 2. The van der Waals surface area contributed by atoms with Gasteiger partial charge in [0.05, 0.1) is 61.5 Å². The third-order valence-corrected chi connectivity index (χ3v) is 13.3. The molecule has 10 atom stereocenters. The van der Waals surface area contributed by atoms with Gasteiger partial charge in [-0.2, -0.15) is 0 Å². The first-order valence-electron chi connectivity index (χ1n) is 20.2. The molecule has 16 heteroatoms. The van der Waals surface area contributed by atoms with E-state index in [1.807, 2.05) is 19.9 Å². The Kier molecular flexibility index (Phi) is 11.1. The Morgan fingerprint density at radius 2 is 0.967 bits per heavy atom. The highest BCUT2D eigenvalue weighted by Gasteiger charge is 2.57. The van der Waals surface area contributed by atoms with Gasteiger partial charge >= 0.3 is 23.9 Å². The molecule has 8 bridgehead atoms. The van der Waals surface area contributed by atoms with Crippen molar-refractivity contribution in [1.29, 1.82) is 0 Å². The van der Waals surface area contributed by atoms with Crippen molar-refractivity contribution in [2.24, 2.45) is 23.7 Å². The molecule has 16 nitrogen and oxygen atoms in total. The third kappa shape index (κ3) is 7.62. The molecule has 0 aliphatic carbocycles. The van der Waals surface area contributed by atoms with Crippen molar-refractivity contribution in [3.05, 3.63) is 70.3 Å². The lowest BCUT2D eigenvalue weighted by molar-refractivity contribution is -0.159. The molecule has 318 valence electrons. The number of rotatable bonds is 10. The Morgan fingerprint density at radius 1 is 0.600 bits per heavy atom. The van der Waals surface area contributed by atoms with Gasteiger partial charge in [0.2, 0.25) is 0 Å². The average molecular weight is 827 g/mol. The minimum absolute atomic E-state index is 0.0857. The third-order valence-electron chi connectivity index (χ3n) is 13.3. The molecule has 0 amide bonds. The van der Waals surface area contributed by atoms with Crippen molar-refractivity contribution in [3.63, 3.8) is 0 Å². The van der Waals surface area contributed by atoms with Gasteiger partial charge in [-0.1, -0.05) is 0 Å². The molecule has 4 aliphatic heterocycles. The molecule has 60 heavy (non-hydrogen) atoms. The Labute approximate surface area is 344 Å². The summed E-state index contributed by atoms with van der Waals surface area (Å²) in [5, 5.41) is 39.1. The van der Waals surface area contributed by atoms with Crippen molar-refractivity contribution in [2.45, 2.75) is 115 Å². The normalized spacial score (nSPS) is 30.6. The zero-order valence-corrected chi connectivity index (χ0v) is 34.3. The van der Waals surface area contributed by atoms with Crippen LogP contribution >= 0.6 is 0 Å². The monoisotopic (exact) mass is 826 g/mol. The van der Waals surface area contributed by atoms with Gasteiger partial charge in [-0.05, 0) is 126 Å². The zero-order chi connectivity index (χ0) is 43.6. The van der Waals surface area contributed by atoms with Crippen LogP contribution in [0.4, 0.5) is 0 Å². The number of aromatic nitrogens is 4. The predicted octanol–water partition coefficient (Wildman–Crippen LogP) is 5.93. The summed E-state index contributed by atoms with van der Waals surface area (Å²) in [4.78, 5) is 93.9. The van der Waals surface area contributed by atoms with Gasteiger partial charge in [-0.15, -0.1) is 0 Å². The van der Waals surface area contributed by atoms with E-state index in [0.29, 0.717) is 33.5 Å². The lowest BCUT2D eigenvalue weighted by Gasteiger charge is -2.45. The highest BCUT2D eigenvalue weighted by molar-refractivity contribution is 6.07. The Bertz CT molecular complexity index is 2470. The molecule has 3 aromatic heterocycles. The number of carbonyl (C=O) groups excluding carboxylic acids is 2. The van der Waals surface area contributed by atoms with E-state index in [2.05, 4.69) is 9.97 Å². The number of hydrogen-bond acceptors (Lipinski definition) is 10. The van der Waals surface area contributed by atoms with E-state index in [-0.39, 0.29) is 49.9 Å². The van der Waals surface area contributed by atoms with Gasteiger partial charge in [-0.25, -0.2) is 9.97 Å². The summed E-state index contributed by atoms with van der Waals surface area (Å²) in [6, 6.07) is 10.2. The molecule has 0 unspecified atom stereocenters. The SMILES string of the molecule is Cc1cc2cc3nc(cc4cc(C)c(cc5nc(cc1[nH]2)C(=O)[C@]5(C)[C@H]1O[C@H](C)[C@H](CC(=O)O)C[C@H]1CC(=O)O)[nH]4)C(=O)[C@]3(C)[C@H]1O[C@H](C)[C@H](CC(=O)O)C[C@H]1CC(=O)O. The standard InChI is InChI=1S/C44H50N4O12/c1-19-8-28-16-33-43(5,41-25(13-37(53)54)9-23(11-35(49)50)21(3)59-41)39(57)31(47-33)15-27-7-20(2)30(45-27)18-34-44(6,40(58)32(48-34)17-29(19)46-28)42-26(14-38(55)56)10-24(12-36(51)52)22(4)60-42/h7-8,15-18,21-26,41-42,45-46H,9-14H2,1-6H3,(H,49,50)(H,51,52)(H,53,54)(H,55,56)/t21-,22-,23+,24+,25+,26+,41+,42+,43-,44-/m1/s1. The number of fused-ring (bicyclic) bond motifs is 8. The number of nitrogens with one attached hydrogen (secondary N) is 2. The highest BCUT2D eigenvalue weighted by atomic mass is 16.5. The number of Topliss-reactive ketones (excluding diaryl/α,β-unsaturated/α-hetero) is 2. The molecule has 0 spiro atoms. The van der Waals surface area contributed by atoms with E-state index in [4.69, 9.17) is 19.4 Å². The van der Waals surface area contributed by atoms with Crippen LogP contribution in [0.5, 0.6) is 0 Å². The fourth-order valence-corrected chi connectivity index (χ4v) is 10.0. The molecule has 4 aliphatic rings. The van der Waals surface area contributed by atoms with Crippen LogP contribution in [-0.2, 0) is 39.5 Å². The van der Waals surface area contributed by atoms with E-state index < -0.39 is 94.4 Å². The number of ketones is 2. The fourth-order valence-electron chi connectivity index (χ4n) is 10.0. The number of aromatic amines is 2. The second kappa shape index (κ2) is 15.7. The van der Waals surface area contributed by atoms with E-state index in [1.54, 1.807) is 58.0 Å². The van der Waals surface area contributed by atoms with Crippen LogP contribution in [0.15, 0.2) is 36.4 Å². The second-order valence-electron chi connectivity index (χ2n) is 17.5. The number of carboxylic acids is 4. The topological polar surface area (TPSA) is 259 Å². The maximum atomic E-state index is 14.8. The Hall–Kier alpha value is -5.74. The van der Waals surface area contributed by atoms with Crippen LogP contribution in [0.2, 0.25) is 0 Å². The van der Waals surface area contributed by atoms with Gasteiger partial charge in [0.25, 0.3) is 0 Å². The largest absolute Gasteiger partial charge is 0.481 e. The van der Waals surface area contributed by atoms with Gasteiger partial charge in [0.1, 0.15) is 22.2 Å². The zero-order valence-electron chi connectivity index (χ0n) is 34.3. The summed E-state index contributed by atoms with van der Waals surface area (Å²) in [6.45, 7) is 10.5. The van der Waals surface area contributed by atoms with E-state index in [9.17, 15) is 49.2 Å². The molecule has 0 aromatic carbocycles. The van der Waals surface area contributed by atoms with E-state index >= 15 is 0 Å². The summed E-state index contributed by atoms with van der Waals surface area (Å²) in [5.41, 5.74) is 1.37. The predicted molar refractivity (Wildman–Crippen MR) is 215 cm³/mol. The van der Waals surface area contributed by atoms with Crippen LogP contribution < -0.4 is 0 Å². The van der Waals surface area contributed by atoms with E-state index in [0.717, 1.165) is 11.1 Å². The number of hydrogen-bond donors (Lipinski definition) is 6. The lowest BCUT2D eigenvalue weighted by Crippen LogP contribution is -2.53. The summed E-state index contributed by atoms with van der Waals surface area (Å²) in [5.74, 6) is -7.44. The number of carboxylic acid groups (broad SMARTS) is 4. The van der Waals surface area contributed by atoms with Gasteiger partial charge in [-0.3, -0.25) is 28.8 Å². The molecule has 6 N–H and O–H groups in total. The first-order chi connectivity index (χ1) is 28.2. The van der Waals surface area contributed by atoms with Crippen molar-refractivity contribution in [2.75, 3.05) is 0 Å². The Morgan fingerprint density at radius 3 is 1.40 bits per heavy atom. The summed E-state index contributed by atoms with van der Waals surface area (Å²) in [6.07, 6.45) is -3.83. The molecule has 7 rings (SSSR count). The molecule has 0 radical (unpaired) electrons. The molecular weight excluding hydrogens is 777 g/mol. The number of ether oxygens (including phenoxy) is 2. The fraction of sp³-hybridized carbons (Fsp3) is 0.500. The number of aliphatic carboxylic acids is 4. The summed E-state index contributed by atoms with van der Waals surface area (Å²) < 4.78 is 13.0. The van der Waals surface area contributed by atoms with Crippen LogP contribution in [0.3, 0.4) is 0 Å². The van der Waals surface area contributed by atoms with Gasteiger partial charge in [0, 0.05) is 22.1 Å². The van der Waals surface area contributed by atoms with Crippen LogP contribution in [0.25, 0.3) is 22.1 Å². The minimum Gasteiger partial charge on any atom is -0.481 e. The van der Waals surface area contributed by atoms with Crippen molar-refractivity contribution in [1.82, 2.24) is 19.9 Å². The summed E-state index contributed by atoms with van der Waals surface area (Å²) >= 11 is 0. The van der Waals surface area contributed by atoms with Crippen LogP contribution in [0.1, 0.15) is 110 Å². The smallest absolute Gasteiger partial charge is 0.303 e. The Balaban J connectivity index is 1.41. The molecule has 2 fully saturated rings. The molecular formula is C44H50N4O12. The van der Waals surface area contributed by atoms with Crippen molar-refractivity contribution >= 4 is 57.5 Å². The molecule has 2 saturated heterocycles. The van der Waals surface area contributed by atoms with Crippen molar-refractivity contribution in [3.8, 4) is 0 Å². The molecule has 3 aromatic rings. The maximum Gasteiger partial charge on any atom is 0.303 e. The highest BCUT2D eigenvalue weighted by Crippen LogP contribution is 2.48. The maximum absolute atomic E-state index is 14.8. The number of nitrogens with zero attached hydrogens (tertiary/aromatic N) is 2. The van der Waals surface area contributed by atoms with Gasteiger partial charge < -0.3 is 39.9 Å². The van der Waals surface area contributed by atoms with Crippen LogP contribution in [-0.4, -0.2) is 100 Å². The first-order valence-corrected chi connectivity index (χ1v) is 20.2. The summed E-state index contributed by atoms with van der Waals surface area (Å²) in [7, 11) is 0. The number of carbonyl (C=O) groups is 6. The lowest BCUT2D eigenvalue weighted by atomic mass is 9.67. The second-order valence-corrected chi connectivity index (χ2v) is 17.5. The van der Waals surface area contributed by atoms with Crippen molar-refractivity contribution < 1.29 is 58.7 Å². The van der Waals surface area contributed by atoms with Crippen LogP contribution in [0, 0.1) is 37.5 Å². The molecule has 7 heterocycles. The molecule has 0 saturated carbocycles. The van der Waals surface area contributed by atoms with Gasteiger partial charge in [0.15, 0.2) is 11.6 Å². The van der Waals surface area contributed by atoms with E-state index in [1.165, 1.54) is 0 Å².